The Hall–Kier alpha value is -2.82. The highest BCUT2D eigenvalue weighted by atomic mass is 16.5. The summed E-state index contributed by atoms with van der Waals surface area (Å²) >= 11 is 0. The van der Waals surface area contributed by atoms with Gasteiger partial charge in [-0.05, 0) is 81.7 Å². The molecule has 5 nitrogen and oxygen atoms in total. The highest BCUT2D eigenvalue weighted by molar-refractivity contribution is 5.96. The molecular formula is C29H38N2O3. The fourth-order valence-electron chi connectivity index (χ4n) is 5.50. The summed E-state index contributed by atoms with van der Waals surface area (Å²) in [6.07, 6.45) is 5.36. The molecule has 5 heteroatoms. The third-order valence-electron chi connectivity index (χ3n) is 7.91. The Balaban J connectivity index is 1.50. The van der Waals surface area contributed by atoms with Crippen molar-refractivity contribution >= 4 is 11.8 Å². The van der Waals surface area contributed by atoms with Crippen LogP contribution in [0.25, 0.3) is 0 Å². The molecule has 0 atom stereocenters. The minimum atomic E-state index is -0.382. The molecule has 1 saturated heterocycles. The van der Waals surface area contributed by atoms with Crippen LogP contribution in [-0.2, 0) is 11.2 Å². The molecule has 182 valence electrons. The second kappa shape index (κ2) is 10.6. The third-order valence-corrected chi connectivity index (χ3v) is 7.91. The lowest BCUT2D eigenvalue weighted by Gasteiger charge is -2.43. The second-order valence-electron chi connectivity index (χ2n) is 9.87. The lowest BCUT2D eigenvalue weighted by Crippen LogP contribution is -2.52. The number of benzene rings is 2. The average molecular weight is 463 g/mol. The van der Waals surface area contributed by atoms with Gasteiger partial charge in [-0.2, -0.15) is 0 Å². The second-order valence-corrected chi connectivity index (χ2v) is 9.87. The largest absolute Gasteiger partial charge is 0.491 e. The molecule has 2 heterocycles. The molecule has 0 aromatic heterocycles. The maximum absolute atomic E-state index is 13.8. The summed E-state index contributed by atoms with van der Waals surface area (Å²) < 4.78 is 6.09. The van der Waals surface area contributed by atoms with Crippen molar-refractivity contribution in [2.75, 3.05) is 32.8 Å². The minimum Gasteiger partial charge on any atom is -0.491 e. The van der Waals surface area contributed by atoms with E-state index in [1.54, 1.807) is 0 Å². The van der Waals surface area contributed by atoms with Crippen LogP contribution in [0.5, 0.6) is 5.75 Å². The zero-order chi connectivity index (χ0) is 24.1. The Labute approximate surface area is 204 Å². The quantitative estimate of drug-likeness (QED) is 0.618. The number of para-hydroxylation sites is 1. The maximum Gasteiger partial charge on any atom is 0.254 e. The summed E-state index contributed by atoms with van der Waals surface area (Å²) in [5.74, 6) is 1.28. The van der Waals surface area contributed by atoms with Crippen molar-refractivity contribution in [3.05, 3.63) is 64.7 Å². The number of carbonyl (C=O) groups excluding carboxylic acids is 2. The Kier molecular flexibility index (Phi) is 7.60. The molecule has 0 radical (unpaired) electrons. The number of aryl methyl sites for hydroxylation is 2. The van der Waals surface area contributed by atoms with E-state index in [1.807, 2.05) is 60.9 Å². The lowest BCUT2D eigenvalue weighted by atomic mass is 9.73. The standard InChI is InChI=1S/C29H38N2O3/c1-4-30-20-21-34-26-14-6-5-11-24(26)12-7-8-15-29(28(30)33)16-18-31(19-17-29)27(32)25-13-9-10-22(2)23(25)3/h5-6,9-11,13-14H,4,7-8,12,15-21H2,1-3H3. The average Bonchev–Trinajstić information content (AvgIpc) is 2.86. The molecule has 1 spiro atoms. The van der Waals surface area contributed by atoms with Crippen LogP contribution in [0, 0.1) is 19.3 Å². The van der Waals surface area contributed by atoms with Crippen LogP contribution < -0.4 is 4.74 Å². The Morgan fingerprint density at radius 3 is 2.50 bits per heavy atom. The number of piperidine rings is 1. The van der Waals surface area contributed by atoms with Crippen LogP contribution in [0.4, 0.5) is 0 Å². The smallest absolute Gasteiger partial charge is 0.254 e. The molecule has 1 fully saturated rings. The number of hydrogen-bond acceptors (Lipinski definition) is 3. The van der Waals surface area contributed by atoms with Gasteiger partial charge in [0.1, 0.15) is 12.4 Å². The molecule has 4 rings (SSSR count). The summed E-state index contributed by atoms with van der Waals surface area (Å²) in [4.78, 5) is 31.0. The zero-order valence-electron chi connectivity index (χ0n) is 20.9. The van der Waals surface area contributed by atoms with Crippen molar-refractivity contribution in [1.82, 2.24) is 9.80 Å². The molecular weight excluding hydrogens is 424 g/mol. The van der Waals surface area contributed by atoms with Gasteiger partial charge in [0.15, 0.2) is 0 Å². The zero-order valence-corrected chi connectivity index (χ0v) is 20.9. The number of likely N-dealkylation sites (tertiary alicyclic amines) is 1. The van der Waals surface area contributed by atoms with E-state index in [0.29, 0.717) is 32.8 Å². The van der Waals surface area contributed by atoms with Crippen LogP contribution in [0.3, 0.4) is 0 Å². The van der Waals surface area contributed by atoms with Gasteiger partial charge in [-0.15, -0.1) is 0 Å². The predicted molar refractivity (Wildman–Crippen MR) is 135 cm³/mol. The van der Waals surface area contributed by atoms with E-state index < -0.39 is 0 Å². The van der Waals surface area contributed by atoms with Crippen LogP contribution >= 0.6 is 0 Å². The molecule has 0 saturated carbocycles. The number of likely N-dealkylation sites (N-methyl/N-ethyl adjacent to an activating group) is 1. The van der Waals surface area contributed by atoms with Gasteiger partial charge in [0.2, 0.25) is 5.91 Å². The van der Waals surface area contributed by atoms with Gasteiger partial charge in [0.25, 0.3) is 5.91 Å². The monoisotopic (exact) mass is 462 g/mol. The molecule has 2 aliphatic heterocycles. The van der Waals surface area contributed by atoms with Crippen LogP contribution in [0.2, 0.25) is 0 Å². The predicted octanol–water partition coefficient (Wildman–Crippen LogP) is 5.18. The van der Waals surface area contributed by atoms with Crippen molar-refractivity contribution in [2.45, 2.75) is 59.3 Å². The summed E-state index contributed by atoms with van der Waals surface area (Å²) in [5.41, 5.74) is 3.84. The fourth-order valence-corrected chi connectivity index (χ4v) is 5.50. The molecule has 0 aliphatic carbocycles. The van der Waals surface area contributed by atoms with Gasteiger partial charge in [0, 0.05) is 25.2 Å². The Morgan fingerprint density at radius 2 is 1.74 bits per heavy atom. The number of carbonyl (C=O) groups is 2. The van der Waals surface area contributed by atoms with E-state index in [4.69, 9.17) is 4.74 Å². The SMILES string of the molecule is CCN1CCOc2ccccc2CCCCC2(CCN(C(=O)c3cccc(C)c3C)CC2)C1=O. The molecule has 2 amide bonds. The van der Waals surface area contributed by atoms with E-state index in [9.17, 15) is 9.59 Å². The van der Waals surface area contributed by atoms with Gasteiger partial charge in [0.05, 0.1) is 12.0 Å². The van der Waals surface area contributed by atoms with Gasteiger partial charge in [-0.25, -0.2) is 0 Å². The van der Waals surface area contributed by atoms with E-state index in [0.717, 1.165) is 61.0 Å². The van der Waals surface area contributed by atoms with Crippen molar-refractivity contribution in [3.63, 3.8) is 0 Å². The summed E-state index contributed by atoms with van der Waals surface area (Å²) in [6.45, 7) is 9.15. The summed E-state index contributed by atoms with van der Waals surface area (Å²) in [5, 5.41) is 0. The van der Waals surface area contributed by atoms with E-state index in [-0.39, 0.29) is 17.2 Å². The molecule has 2 aromatic rings. The van der Waals surface area contributed by atoms with Gasteiger partial charge < -0.3 is 14.5 Å². The summed E-state index contributed by atoms with van der Waals surface area (Å²) in [7, 11) is 0. The van der Waals surface area contributed by atoms with Crippen molar-refractivity contribution in [1.29, 1.82) is 0 Å². The first kappa shape index (κ1) is 24.3. The number of fused-ring (bicyclic) bond motifs is 1. The maximum atomic E-state index is 13.8. The highest BCUT2D eigenvalue weighted by Gasteiger charge is 2.43. The highest BCUT2D eigenvalue weighted by Crippen LogP contribution is 2.40. The van der Waals surface area contributed by atoms with Crippen molar-refractivity contribution in [2.24, 2.45) is 5.41 Å². The van der Waals surface area contributed by atoms with Crippen LogP contribution in [-0.4, -0.2) is 54.4 Å². The first-order chi connectivity index (χ1) is 16.4. The van der Waals surface area contributed by atoms with Gasteiger partial charge in [-0.1, -0.05) is 36.8 Å². The minimum absolute atomic E-state index is 0.0917. The molecule has 0 unspecified atom stereocenters. The number of hydrogen-bond donors (Lipinski definition) is 0. The molecule has 2 aliphatic rings. The van der Waals surface area contributed by atoms with Gasteiger partial charge >= 0.3 is 0 Å². The molecule has 0 bridgehead atoms. The van der Waals surface area contributed by atoms with Crippen LogP contribution in [0.15, 0.2) is 42.5 Å². The summed E-state index contributed by atoms with van der Waals surface area (Å²) in [6, 6.07) is 14.2. The van der Waals surface area contributed by atoms with E-state index in [2.05, 4.69) is 12.1 Å². The first-order valence-corrected chi connectivity index (χ1v) is 12.8. The molecule has 34 heavy (non-hydrogen) atoms. The van der Waals surface area contributed by atoms with Crippen molar-refractivity contribution in [3.8, 4) is 5.75 Å². The number of ether oxygens (including phenoxy) is 1. The van der Waals surface area contributed by atoms with Crippen molar-refractivity contribution < 1.29 is 14.3 Å². The third kappa shape index (κ3) is 4.98. The Bertz CT molecular complexity index is 1020. The topological polar surface area (TPSA) is 49.9 Å². The normalized spacial score (nSPS) is 19.1. The van der Waals surface area contributed by atoms with E-state index in [1.165, 1.54) is 5.56 Å². The first-order valence-electron chi connectivity index (χ1n) is 12.8. The van der Waals surface area contributed by atoms with Crippen LogP contribution in [0.1, 0.15) is 66.1 Å². The lowest BCUT2D eigenvalue weighted by molar-refractivity contribution is -0.145. The molecule has 2 aromatic carbocycles. The molecule has 0 N–H and O–H groups in total. The van der Waals surface area contributed by atoms with E-state index >= 15 is 0 Å². The van der Waals surface area contributed by atoms with Gasteiger partial charge in [-0.3, -0.25) is 9.59 Å². The number of nitrogens with zero attached hydrogens (tertiary/aromatic N) is 2. The fraction of sp³-hybridized carbons (Fsp3) is 0.517. The Morgan fingerprint density at radius 1 is 0.971 bits per heavy atom. The number of rotatable bonds is 2. The number of amides is 2.